The van der Waals surface area contributed by atoms with E-state index in [1.807, 2.05) is 12.2 Å². The third kappa shape index (κ3) is 4.96. The molecule has 1 aliphatic rings. The molecule has 0 bridgehead atoms. The summed E-state index contributed by atoms with van der Waals surface area (Å²) in [6, 6.07) is 0. The van der Waals surface area contributed by atoms with Crippen LogP contribution in [-0.4, -0.2) is 26.4 Å². The Kier molecular flexibility index (Phi) is 7.76. The van der Waals surface area contributed by atoms with E-state index in [0.717, 1.165) is 26.1 Å². The topological polar surface area (TPSA) is 18.5 Å². The summed E-state index contributed by atoms with van der Waals surface area (Å²) in [5, 5.41) is 0. The van der Waals surface area contributed by atoms with Crippen LogP contribution in [0.15, 0.2) is 37.5 Å². The first-order chi connectivity index (χ1) is 9.29. The van der Waals surface area contributed by atoms with Gasteiger partial charge in [0.05, 0.1) is 26.4 Å². The Hall–Kier alpha value is -0.860. The summed E-state index contributed by atoms with van der Waals surface area (Å²) in [7, 11) is 0. The van der Waals surface area contributed by atoms with Gasteiger partial charge in [-0.1, -0.05) is 37.6 Å². The molecule has 0 aromatic heterocycles. The van der Waals surface area contributed by atoms with E-state index in [4.69, 9.17) is 9.47 Å². The zero-order chi connectivity index (χ0) is 14.0. The van der Waals surface area contributed by atoms with Crippen molar-refractivity contribution in [2.24, 2.45) is 11.3 Å². The van der Waals surface area contributed by atoms with Crippen molar-refractivity contribution in [1.82, 2.24) is 0 Å². The van der Waals surface area contributed by atoms with Crippen LogP contribution >= 0.6 is 0 Å². The van der Waals surface area contributed by atoms with E-state index in [2.05, 4.69) is 32.2 Å². The van der Waals surface area contributed by atoms with Gasteiger partial charge in [0.25, 0.3) is 0 Å². The zero-order valence-corrected chi connectivity index (χ0v) is 12.3. The molecule has 0 heterocycles. The molecule has 2 heteroatoms. The van der Waals surface area contributed by atoms with E-state index in [0.29, 0.717) is 19.1 Å². The van der Waals surface area contributed by atoms with Crippen molar-refractivity contribution >= 4 is 0 Å². The normalized spacial score (nSPS) is 21.2. The highest BCUT2D eigenvalue weighted by atomic mass is 16.5. The number of ether oxygens (including phenoxy) is 2. The maximum absolute atomic E-state index is 5.78. The summed E-state index contributed by atoms with van der Waals surface area (Å²) in [6.07, 6.45) is 12.8. The lowest BCUT2D eigenvalue weighted by atomic mass is 9.68. The van der Waals surface area contributed by atoms with Crippen molar-refractivity contribution in [1.29, 1.82) is 0 Å². The first-order valence-corrected chi connectivity index (χ1v) is 7.31. The van der Waals surface area contributed by atoms with Crippen molar-refractivity contribution in [2.45, 2.75) is 32.6 Å². The van der Waals surface area contributed by atoms with Gasteiger partial charge in [-0.05, 0) is 25.2 Å². The standard InChI is InChI=1S/C17H28O2/c1-4-9-16-10-7-8-11-17(16,14-18-12-5-2)15-19-13-6-3/h5-8,16H,2-4,9-15H2,1H3. The predicted molar refractivity (Wildman–Crippen MR) is 81.2 cm³/mol. The molecule has 0 saturated carbocycles. The third-order valence-corrected chi connectivity index (χ3v) is 3.87. The van der Waals surface area contributed by atoms with E-state index in [-0.39, 0.29) is 5.41 Å². The molecule has 0 aromatic rings. The Bertz CT molecular complexity index is 280. The second-order valence-electron chi connectivity index (χ2n) is 5.37. The minimum absolute atomic E-state index is 0.122. The molecule has 0 saturated heterocycles. The van der Waals surface area contributed by atoms with Gasteiger partial charge in [0.1, 0.15) is 0 Å². The average molecular weight is 264 g/mol. The van der Waals surface area contributed by atoms with E-state index in [1.54, 1.807) is 0 Å². The molecule has 0 aromatic carbocycles. The molecule has 1 unspecified atom stereocenters. The SMILES string of the molecule is C=CCOCC1(COCC=C)CC=CCC1CCC. The maximum Gasteiger partial charge on any atom is 0.0645 e. The highest BCUT2D eigenvalue weighted by Gasteiger charge is 2.39. The van der Waals surface area contributed by atoms with Crippen LogP contribution in [0.3, 0.4) is 0 Å². The van der Waals surface area contributed by atoms with Crippen molar-refractivity contribution in [3.8, 4) is 0 Å². The fourth-order valence-electron chi connectivity index (χ4n) is 2.85. The summed E-state index contributed by atoms with van der Waals surface area (Å²) < 4.78 is 11.6. The highest BCUT2D eigenvalue weighted by molar-refractivity contribution is 5.02. The summed E-state index contributed by atoms with van der Waals surface area (Å²) >= 11 is 0. The van der Waals surface area contributed by atoms with Gasteiger partial charge in [0, 0.05) is 5.41 Å². The minimum Gasteiger partial charge on any atom is -0.377 e. The summed E-state index contributed by atoms with van der Waals surface area (Å²) in [6.45, 7) is 12.4. The van der Waals surface area contributed by atoms with Gasteiger partial charge in [-0.3, -0.25) is 0 Å². The Balaban J connectivity index is 2.70. The van der Waals surface area contributed by atoms with Gasteiger partial charge in [-0.15, -0.1) is 13.2 Å². The molecule has 0 spiro atoms. The van der Waals surface area contributed by atoms with Crippen molar-refractivity contribution in [3.63, 3.8) is 0 Å². The number of hydrogen-bond acceptors (Lipinski definition) is 2. The largest absolute Gasteiger partial charge is 0.377 e. The van der Waals surface area contributed by atoms with Gasteiger partial charge >= 0.3 is 0 Å². The molecule has 0 fully saturated rings. The van der Waals surface area contributed by atoms with Gasteiger partial charge < -0.3 is 9.47 Å². The Labute approximate surface area is 118 Å². The molecule has 19 heavy (non-hydrogen) atoms. The van der Waals surface area contributed by atoms with Crippen LogP contribution in [0.25, 0.3) is 0 Å². The quantitative estimate of drug-likeness (QED) is 0.436. The second-order valence-corrected chi connectivity index (χ2v) is 5.37. The highest BCUT2D eigenvalue weighted by Crippen LogP contribution is 2.41. The summed E-state index contributed by atoms with van der Waals surface area (Å²) in [5.41, 5.74) is 0.122. The lowest BCUT2D eigenvalue weighted by molar-refractivity contribution is -0.0484. The maximum atomic E-state index is 5.78. The fourth-order valence-corrected chi connectivity index (χ4v) is 2.85. The van der Waals surface area contributed by atoms with Crippen LogP contribution in [0.5, 0.6) is 0 Å². The molecule has 1 atom stereocenters. The molecule has 2 nitrogen and oxygen atoms in total. The number of rotatable bonds is 10. The van der Waals surface area contributed by atoms with E-state index >= 15 is 0 Å². The molecule has 0 radical (unpaired) electrons. The Morgan fingerprint density at radius 2 is 1.79 bits per heavy atom. The Morgan fingerprint density at radius 1 is 1.16 bits per heavy atom. The summed E-state index contributed by atoms with van der Waals surface area (Å²) in [4.78, 5) is 0. The first kappa shape index (κ1) is 16.2. The van der Waals surface area contributed by atoms with Gasteiger partial charge in [-0.25, -0.2) is 0 Å². The van der Waals surface area contributed by atoms with Gasteiger partial charge in [0.2, 0.25) is 0 Å². The van der Waals surface area contributed by atoms with Gasteiger partial charge in [0.15, 0.2) is 0 Å². The molecule has 0 amide bonds. The van der Waals surface area contributed by atoms with Crippen LogP contribution in [0.2, 0.25) is 0 Å². The van der Waals surface area contributed by atoms with Crippen molar-refractivity contribution < 1.29 is 9.47 Å². The predicted octanol–water partition coefficient (Wildman–Crippen LogP) is 4.14. The molecule has 1 aliphatic carbocycles. The monoisotopic (exact) mass is 264 g/mol. The molecular formula is C17H28O2. The van der Waals surface area contributed by atoms with Crippen molar-refractivity contribution in [3.05, 3.63) is 37.5 Å². The van der Waals surface area contributed by atoms with E-state index in [9.17, 15) is 0 Å². The van der Waals surface area contributed by atoms with Crippen molar-refractivity contribution in [2.75, 3.05) is 26.4 Å². The smallest absolute Gasteiger partial charge is 0.0645 e. The number of hydrogen-bond donors (Lipinski definition) is 0. The van der Waals surface area contributed by atoms with Gasteiger partial charge in [-0.2, -0.15) is 0 Å². The first-order valence-electron chi connectivity index (χ1n) is 7.31. The lowest BCUT2D eigenvalue weighted by Crippen LogP contribution is -2.41. The lowest BCUT2D eigenvalue weighted by Gasteiger charge is -2.41. The molecule has 108 valence electrons. The van der Waals surface area contributed by atoms with Crippen LogP contribution in [-0.2, 0) is 9.47 Å². The fraction of sp³-hybridized carbons (Fsp3) is 0.647. The number of allylic oxidation sites excluding steroid dienone is 2. The molecular weight excluding hydrogens is 236 g/mol. The average Bonchev–Trinajstić information content (AvgIpc) is 2.42. The van der Waals surface area contributed by atoms with E-state index in [1.165, 1.54) is 12.8 Å². The van der Waals surface area contributed by atoms with Crippen LogP contribution < -0.4 is 0 Å². The zero-order valence-electron chi connectivity index (χ0n) is 12.3. The minimum atomic E-state index is 0.122. The van der Waals surface area contributed by atoms with Crippen LogP contribution in [0.1, 0.15) is 32.6 Å². The molecule has 0 aliphatic heterocycles. The molecule has 0 N–H and O–H groups in total. The Morgan fingerprint density at radius 3 is 2.32 bits per heavy atom. The molecule has 1 rings (SSSR count). The second kappa shape index (κ2) is 9.11. The van der Waals surface area contributed by atoms with Crippen LogP contribution in [0, 0.1) is 11.3 Å². The third-order valence-electron chi connectivity index (χ3n) is 3.87. The summed E-state index contributed by atoms with van der Waals surface area (Å²) in [5.74, 6) is 0.650. The van der Waals surface area contributed by atoms with Crippen LogP contribution in [0.4, 0.5) is 0 Å². The van der Waals surface area contributed by atoms with E-state index < -0.39 is 0 Å².